The van der Waals surface area contributed by atoms with Gasteiger partial charge in [0.1, 0.15) is 10.8 Å². The molecule has 2 aromatic heterocycles. The standard InChI is InChI=1S/C23H26N4O4S2/c1-6-11-27-20(16(4)31-17-9-7-14(2)8-10-17)25-26-23(27)32-13-19(28)24-21-18(22(29)30-5)12-15(3)33-21/h6-10,12,16H,1,11,13H2,2-5H3,(H,24,28). The van der Waals surface area contributed by atoms with Gasteiger partial charge in [-0.15, -0.1) is 28.1 Å². The number of anilines is 1. The van der Waals surface area contributed by atoms with Gasteiger partial charge in [-0.3, -0.25) is 9.36 Å². The normalized spacial score (nSPS) is 11.6. The molecule has 1 amide bonds. The molecule has 0 radical (unpaired) electrons. The van der Waals surface area contributed by atoms with Crippen LogP contribution in [0.15, 0.2) is 48.1 Å². The maximum Gasteiger partial charge on any atom is 0.340 e. The van der Waals surface area contributed by atoms with Crippen molar-refractivity contribution >= 4 is 40.0 Å². The number of carbonyl (C=O) groups excluding carboxylic acids is 2. The topological polar surface area (TPSA) is 95.3 Å². The lowest BCUT2D eigenvalue weighted by Crippen LogP contribution is -2.16. The summed E-state index contributed by atoms with van der Waals surface area (Å²) in [6.45, 7) is 10.1. The van der Waals surface area contributed by atoms with Crippen molar-refractivity contribution < 1.29 is 19.1 Å². The number of carbonyl (C=O) groups is 2. The van der Waals surface area contributed by atoms with Crippen molar-refractivity contribution in [2.24, 2.45) is 0 Å². The van der Waals surface area contributed by atoms with E-state index in [1.54, 1.807) is 12.1 Å². The minimum atomic E-state index is -0.486. The van der Waals surface area contributed by atoms with E-state index in [-0.39, 0.29) is 17.8 Å². The largest absolute Gasteiger partial charge is 0.483 e. The number of benzene rings is 1. The summed E-state index contributed by atoms with van der Waals surface area (Å²) in [5, 5.41) is 12.4. The van der Waals surface area contributed by atoms with Crippen LogP contribution in [0, 0.1) is 13.8 Å². The number of allylic oxidation sites excluding steroid dienone is 1. The molecule has 0 bridgehead atoms. The number of rotatable bonds is 10. The van der Waals surface area contributed by atoms with Gasteiger partial charge in [0.15, 0.2) is 17.1 Å². The molecule has 174 valence electrons. The quantitative estimate of drug-likeness (QED) is 0.250. The number of amides is 1. The number of thiophene rings is 1. The molecule has 0 aliphatic carbocycles. The Labute approximate surface area is 201 Å². The fourth-order valence-corrected chi connectivity index (χ4v) is 4.71. The van der Waals surface area contributed by atoms with Crippen molar-refractivity contribution in [1.82, 2.24) is 14.8 Å². The SMILES string of the molecule is C=CCn1c(SCC(=O)Nc2sc(C)cc2C(=O)OC)nnc1C(C)Oc1ccc(C)cc1. The maximum absolute atomic E-state index is 12.6. The number of ether oxygens (including phenoxy) is 2. The van der Waals surface area contributed by atoms with Crippen LogP contribution in [0.2, 0.25) is 0 Å². The van der Waals surface area contributed by atoms with Crippen molar-refractivity contribution in [3.63, 3.8) is 0 Å². The van der Waals surface area contributed by atoms with Crippen molar-refractivity contribution in [2.45, 2.75) is 38.6 Å². The molecule has 3 aromatic rings. The Hall–Kier alpha value is -3.11. The lowest BCUT2D eigenvalue weighted by molar-refractivity contribution is -0.113. The number of methoxy groups -OCH3 is 1. The number of nitrogens with one attached hydrogen (secondary N) is 1. The van der Waals surface area contributed by atoms with Crippen molar-refractivity contribution in [2.75, 3.05) is 18.2 Å². The molecule has 1 atom stereocenters. The third-order valence-corrected chi connectivity index (χ3v) is 6.53. The Morgan fingerprint density at radius 3 is 2.67 bits per heavy atom. The Bertz CT molecular complexity index is 1140. The minimum absolute atomic E-state index is 0.0973. The molecule has 3 rings (SSSR count). The molecule has 10 heteroatoms. The van der Waals surface area contributed by atoms with Gasteiger partial charge < -0.3 is 14.8 Å². The molecule has 0 spiro atoms. The number of esters is 1. The first-order valence-electron chi connectivity index (χ1n) is 10.2. The van der Waals surface area contributed by atoms with E-state index in [1.807, 2.05) is 49.6 Å². The van der Waals surface area contributed by atoms with Gasteiger partial charge in [-0.05, 0) is 39.0 Å². The third-order valence-electron chi connectivity index (χ3n) is 4.60. The lowest BCUT2D eigenvalue weighted by atomic mass is 10.2. The highest BCUT2D eigenvalue weighted by atomic mass is 32.2. The Morgan fingerprint density at radius 1 is 1.27 bits per heavy atom. The van der Waals surface area contributed by atoms with Crippen molar-refractivity contribution in [3.05, 3.63) is 64.8 Å². The monoisotopic (exact) mass is 486 g/mol. The van der Waals surface area contributed by atoms with Crippen LogP contribution in [-0.4, -0.2) is 39.5 Å². The van der Waals surface area contributed by atoms with Crippen LogP contribution in [0.25, 0.3) is 0 Å². The van der Waals surface area contributed by atoms with E-state index in [4.69, 9.17) is 9.47 Å². The first-order valence-corrected chi connectivity index (χ1v) is 12.0. The van der Waals surface area contributed by atoms with Gasteiger partial charge in [-0.25, -0.2) is 4.79 Å². The molecular weight excluding hydrogens is 460 g/mol. The summed E-state index contributed by atoms with van der Waals surface area (Å²) >= 11 is 2.57. The van der Waals surface area contributed by atoms with Gasteiger partial charge in [-0.2, -0.15) is 0 Å². The molecule has 0 saturated carbocycles. The fourth-order valence-electron chi connectivity index (χ4n) is 3.04. The van der Waals surface area contributed by atoms with E-state index in [0.717, 1.165) is 16.2 Å². The summed E-state index contributed by atoms with van der Waals surface area (Å²) in [7, 11) is 1.31. The Kier molecular flexibility index (Phi) is 8.29. The lowest BCUT2D eigenvalue weighted by Gasteiger charge is -2.16. The average molecular weight is 487 g/mol. The molecule has 1 unspecified atom stereocenters. The Balaban J connectivity index is 1.68. The van der Waals surface area contributed by atoms with E-state index in [9.17, 15) is 9.59 Å². The van der Waals surface area contributed by atoms with Gasteiger partial charge in [0.25, 0.3) is 0 Å². The highest BCUT2D eigenvalue weighted by molar-refractivity contribution is 7.99. The Morgan fingerprint density at radius 2 is 2.00 bits per heavy atom. The van der Waals surface area contributed by atoms with Gasteiger partial charge >= 0.3 is 5.97 Å². The first kappa shape index (κ1) is 24.5. The average Bonchev–Trinajstić information content (AvgIpc) is 3.36. The van der Waals surface area contributed by atoms with E-state index >= 15 is 0 Å². The third kappa shape index (κ3) is 6.23. The summed E-state index contributed by atoms with van der Waals surface area (Å²) in [6.07, 6.45) is 1.40. The minimum Gasteiger partial charge on any atom is -0.483 e. The maximum atomic E-state index is 12.6. The molecular formula is C23H26N4O4S2. The summed E-state index contributed by atoms with van der Waals surface area (Å²) in [6, 6.07) is 9.49. The number of nitrogens with zero attached hydrogens (tertiary/aromatic N) is 3. The molecule has 0 saturated heterocycles. The molecule has 0 aliphatic rings. The van der Waals surface area contributed by atoms with Gasteiger partial charge in [0.2, 0.25) is 5.91 Å². The van der Waals surface area contributed by atoms with Crippen LogP contribution >= 0.6 is 23.1 Å². The number of aromatic nitrogens is 3. The van der Waals surface area contributed by atoms with Gasteiger partial charge in [0.05, 0.1) is 18.4 Å². The van der Waals surface area contributed by atoms with Gasteiger partial charge in [-0.1, -0.05) is 35.5 Å². The zero-order valence-corrected chi connectivity index (χ0v) is 20.6. The van der Waals surface area contributed by atoms with Crippen LogP contribution in [0.1, 0.15) is 39.7 Å². The van der Waals surface area contributed by atoms with E-state index in [0.29, 0.717) is 28.1 Å². The summed E-state index contributed by atoms with van der Waals surface area (Å²) in [5.74, 6) is 0.730. The second-order valence-electron chi connectivity index (χ2n) is 7.24. The highest BCUT2D eigenvalue weighted by Gasteiger charge is 2.21. The fraction of sp³-hybridized carbons (Fsp3) is 0.304. The second-order valence-corrected chi connectivity index (χ2v) is 9.44. The molecule has 8 nitrogen and oxygen atoms in total. The van der Waals surface area contributed by atoms with E-state index in [1.165, 1.54) is 30.2 Å². The van der Waals surface area contributed by atoms with Crippen LogP contribution in [0.3, 0.4) is 0 Å². The molecule has 1 N–H and O–H groups in total. The van der Waals surface area contributed by atoms with Gasteiger partial charge in [0, 0.05) is 11.4 Å². The van der Waals surface area contributed by atoms with Crippen LogP contribution in [-0.2, 0) is 16.1 Å². The van der Waals surface area contributed by atoms with Crippen LogP contribution in [0.5, 0.6) is 5.75 Å². The summed E-state index contributed by atoms with van der Waals surface area (Å²) in [5.41, 5.74) is 1.50. The zero-order chi connectivity index (χ0) is 24.0. The van der Waals surface area contributed by atoms with Crippen molar-refractivity contribution in [1.29, 1.82) is 0 Å². The second kappa shape index (κ2) is 11.2. The molecule has 33 heavy (non-hydrogen) atoms. The van der Waals surface area contributed by atoms with Crippen LogP contribution < -0.4 is 10.1 Å². The number of hydrogen-bond acceptors (Lipinski definition) is 8. The highest BCUT2D eigenvalue weighted by Crippen LogP contribution is 2.29. The smallest absolute Gasteiger partial charge is 0.340 e. The summed E-state index contributed by atoms with van der Waals surface area (Å²) in [4.78, 5) is 25.4. The molecule has 0 aliphatic heterocycles. The molecule has 0 fully saturated rings. The van der Waals surface area contributed by atoms with Crippen molar-refractivity contribution in [3.8, 4) is 5.75 Å². The summed E-state index contributed by atoms with van der Waals surface area (Å²) < 4.78 is 12.7. The van der Waals surface area contributed by atoms with Crippen LogP contribution in [0.4, 0.5) is 5.00 Å². The number of thioether (sulfide) groups is 1. The predicted molar refractivity (Wildman–Crippen MR) is 130 cm³/mol. The number of hydrogen-bond donors (Lipinski definition) is 1. The first-order chi connectivity index (χ1) is 15.8. The molecule has 2 heterocycles. The molecule has 1 aromatic carbocycles. The number of aryl methyl sites for hydroxylation is 2. The van der Waals surface area contributed by atoms with E-state index in [2.05, 4.69) is 22.1 Å². The predicted octanol–water partition coefficient (Wildman–Crippen LogP) is 4.80. The zero-order valence-electron chi connectivity index (χ0n) is 19.0. The van der Waals surface area contributed by atoms with E-state index < -0.39 is 5.97 Å².